The van der Waals surface area contributed by atoms with Crippen molar-refractivity contribution < 1.29 is 19.0 Å². The minimum absolute atomic E-state index is 0.340. The highest BCUT2D eigenvalue weighted by Crippen LogP contribution is 2.28. The van der Waals surface area contributed by atoms with Crippen LogP contribution in [0.15, 0.2) is 36.5 Å². The number of rotatable bonds is 6. The van der Waals surface area contributed by atoms with E-state index in [0.717, 1.165) is 49.3 Å². The van der Waals surface area contributed by atoms with Gasteiger partial charge in [-0.2, -0.15) is 0 Å². The van der Waals surface area contributed by atoms with Gasteiger partial charge in [0.1, 0.15) is 17.4 Å². The highest BCUT2D eigenvalue weighted by Gasteiger charge is 2.20. The van der Waals surface area contributed by atoms with Gasteiger partial charge in [-0.15, -0.1) is 0 Å². The zero-order valence-corrected chi connectivity index (χ0v) is 15.3. The van der Waals surface area contributed by atoms with Gasteiger partial charge in [-0.1, -0.05) is 0 Å². The maximum atomic E-state index is 13.7. The van der Waals surface area contributed by atoms with E-state index in [0.29, 0.717) is 18.2 Å². The number of carbonyl (C=O) groups is 1. The number of halogens is 1. The average molecular weight is 373 g/mol. The predicted molar refractivity (Wildman–Crippen MR) is 102 cm³/mol. The molecule has 2 N–H and O–H groups in total. The second-order valence-corrected chi connectivity index (χ2v) is 6.74. The van der Waals surface area contributed by atoms with Crippen LogP contribution >= 0.6 is 0 Å². The molecule has 1 aromatic heterocycles. The van der Waals surface area contributed by atoms with E-state index in [9.17, 15) is 9.18 Å². The first-order valence-electron chi connectivity index (χ1n) is 9.08. The Kier molecular flexibility index (Phi) is 6.11. The van der Waals surface area contributed by atoms with Gasteiger partial charge < -0.3 is 20.1 Å². The molecule has 1 aromatic carbocycles. The lowest BCUT2D eigenvalue weighted by atomic mass is 9.93. The summed E-state index contributed by atoms with van der Waals surface area (Å²) in [7, 11) is 1.52. The van der Waals surface area contributed by atoms with Crippen LogP contribution in [0.2, 0.25) is 0 Å². The number of benzene rings is 1. The first kappa shape index (κ1) is 18.9. The van der Waals surface area contributed by atoms with E-state index in [-0.39, 0.29) is 5.82 Å². The summed E-state index contributed by atoms with van der Waals surface area (Å²) in [5, 5.41) is 11.1. The third-order valence-electron chi connectivity index (χ3n) is 4.96. The Balaban J connectivity index is 1.58. The van der Waals surface area contributed by atoms with Crippen LogP contribution in [0, 0.1) is 11.7 Å². The number of hydrogen-bond acceptors (Lipinski definition) is 4. The minimum Gasteiger partial charge on any atom is -0.497 e. The summed E-state index contributed by atoms with van der Waals surface area (Å²) in [5.74, 6) is 1.58. The van der Waals surface area contributed by atoms with Gasteiger partial charge >= 0.3 is 6.09 Å². The van der Waals surface area contributed by atoms with Crippen LogP contribution in [0.3, 0.4) is 0 Å². The molecule has 1 amide bonds. The smallest absolute Gasteiger partial charge is 0.404 e. The largest absolute Gasteiger partial charge is 0.497 e. The van der Waals surface area contributed by atoms with Crippen molar-refractivity contribution in [2.45, 2.75) is 19.3 Å². The number of anilines is 1. The molecule has 144 valence electrons. The Bertz CT molecular complexity index is 775. The van der Waals surface area contributed by atoms with Gasteiger partial charge in [-0.3, -0.25) is 0 Å². The van der Waals surface area contributed by atoms with Crippen LogP contribution in [0.5, 0.6) is 5.75 Å². The molecule has 1 aliphatic rings. The van der Waals surface area contributed by atoms with Crippen molar-refractivity contribution in [3.05, 3.63) is 42.3 Å². The van der Waals surface area contributed by atoms with Crippen LogP contribution in [0.4, 0.5) is 15.0 Å². The number of ether oxygens (including phenoxy) is 1. The van der Waals surface area contributed by atoms with E-state index in [1.165, 1.54) is 19.2 Å². The lowest BCUT2D eigenvalue weighted by Crippen LogP contribution is -2.35. The summed E-state index contributed by atoms with van der Waals surface area (Å²) in [4.78, 5) is 17.3. The molecular formula is C20H24FN3O3. The van der Waals surface area contributed by atoms with E-state index in [2.05, 4.69) is 15.2 Å². The van der Waals surface area contributed by atoms with Gasteiger partial charge in [-0.25, -0.2) is 14.2 Å². The second-order valence-electron chi connectivity index (χ2n) is 6.74. The molecule has 0 unspecified atom stereocenters. The molecule has 2 aromatic rings. The molecule has 3 rings (SSSR count). The highest BCUT2D eigenvalue weighted by molar-refractivity contribution is 5.66. The van der Waals surface area contributed by atoms with Crippen molar-refractivity contribution in [1.82, 2.24) is 10.3 Å². The van der Waals surface area contributed by atoms with Gasteiger partial charge in [0.25, 0.3) is 0 Å². The highest BCUT2D eigenvalue weighted by atomic mass is 19.1. The summed E-state index contributed by atoms with van der Waals surface area (Å²) in [6.45, 7) is 2.31. The van der Waals surface area contributed by atoms with Crippen molar-refractivity contribution >= 4 is 11.9 Å². The van der Waals surface area contributed by atoms with Crippen LogP contribution in [-0.2, 0) is 0 Å². The first-order chi connectivity index (χ1) is 13.0. The van der Waals surface area contributed by atoms with Crippen LogP contribution < -0.4 is 15.0 Å². The second kappa shape index (κ2) is 8.70. The lowest BCUT2D eigenvalue weighted by molar-refractivity contribution is 0.193. The first-order valence-corrected chi connectivity index (χ1v) is 9.08. The quantitative estimate of drug-likeness (QED) is 0.806. The standard InChI is InChI=1S/C20H24FN3O3/c1-27-18-11-16(10-17(21)12-18)15-2-3-19(23-13-15)24-8-5-14(6-9-24)4-7-22-20(25)26/h2-3,10-14,22H,4-9H2,1H3,(H,25,26). The summed E-state index contributed by atoms with van der Waals surface area (Å²) in [6.07, 6.45) is 3.70. The van der Waals surface area contributed by atoms with Crippen LogP contribution in [0.25, 0.3) is 11.1 Å². The van der Waals surface area contributed by atoms with Gasteiger partial charge in [-0.05, 0) is 55.0 Å². The zero-order chi connectivity index (χ0) is 19.2. The number of aromatic nitrogens is 1. The minimum atomic E-state index is -0.965. The molecule has 6 nitrogen and oxygen atoms in total. The monoisotopic (exact) mass is 373 g/mol. The van der Waals surface area contributed by atoms with E-state index in [1.807, 2.05) is 12.1 Å². The zero-order valence-electron chi connectivity index (χ0n) is 15.3. The van der Waals surface area contributed by atoms with Gasteiger partial charge in [0.05, 0.1) is 7.11 Å². The van der Waals surface area contributed by atoms with E-state index in [1.54, 1.807) is 12.3 Å². The molecule has 0 bridgehead atoms. The molecule has 0 saturated carbocycles. The predicted octanol–water partition coefficient (Wildman–Crippen LogP) is 3.77. The molecule has 0 radical (unpaired) electrons. The topological polar surface area (TPSA) is 74.7 Å². The average Bonchev–Trinajstić information content (AvgIpc) is 2.68. The number of nitrogens with one attached hydrogen (secondary N) is 1. The van der Waals surface area contributed by atoms with Gasteiger partial charge in [0, 0.05) is 37.5 Å². The fourth-order valence-electron chi connectivity index (χ4n) is 3.43. The molecule has 1 saturated heterocycles. The normalized spacial score (nSPS) is 14.8. The summed E-state index contributed by atoms with van der Waals surface area (Å²) in [6, 6.07) is 8.51. The van der Waals surface area contributed by atoms with Crippen molar-refractivity contribution in [2.24, 2.45) is 5.92 Å². The third-order valence-corrected chi connectivity index (χ3v) is 4.96. The molecule has 27 heavy (non-hydrogen) atoms. The Morgan fingerprint density at radius 1 is 1.30 bits per heavy atom. The van der Waals surface area contributed by atoms with Crippen molar-refractivity contribution in [3.63, 3.8) is 0 Å². The van der Waals surface area contributed by atoms with Crippen molar-refractivity contribution in [3.8, 4) is 16.9 Å². The number of amides is 1. The van der Waals surface area contributed by atoms with Crippen molar-refractivity contribution in [1.29, 1.82) is 0 Å². The molecule has 0 spiro atoms. The number of methoxy groups -OCH3 is 1. The summed E-state index contributed by atoms with van der Waals surface area (Å²) in [5.41, 5.74) is 1.57. The molecule has 0 atom stereocenters. The number of carboxylic acid groups (broad SMARTS) is 1. The Morgan fingerprint density at radius 2 is 2.07 bits per heavy atom. The van der Waals surface area contributed by atoms with Gasteiger partial charge in [0.15, 0.2) is 0 Å². The molecule has 1 aliphatic heterocycles. The Morgan fingerprint density at radius 3 is 2.70 bits per heavy atom. The fraction of sp³-hybridized carbons (Fsp3) is 0.400. The molecule has 0 aliphatic carbocycles. The number of piperidine rings is 1. The van der Waals surface area contributed by atoms with Gasteiger partial charge in [0.2, 0.25) is 0 Å². The summed E-state index contributed by atoms with van der Waals surface area (Å²) >= 11 is 0. The molecular weight excluding hydrogens is 349 g/mol. The number of hydrogen-bond donors (Lipinski definition) is 2. The van der Waals surface area contributed by atoms with E-state index >= 15 is 0 Å². The van der Waals surface area contributed by atoms with Crippen molar-refractivity contribution in [2.75, 3.05) is 31.6 Å². The van der Waals surface area contributed by atoms with Crippen LogP contribution in [0.1, 0.15) is 19.3 Å². The molecule has 7 heteroatoms. The maximum absolute atomic E-state index is 13.7. The lowest BCUT2D eigenvalue weighted by Gasteiger charge is -2.32. The molecule has 2 heterocycles. The number of pyridine rings is 1. The summed E-state index contributed by atoms with van der Waals surface area (Å²) < 4.78 is 18.8. The Labute approximate surface area is 158 Å². The Hall–Kier alpha value is -2.83. The maximum Gasteiger partial charge on any atom is 0.404 e. The van der Waals surface area contributed by atoms with E-state index in [4.69, 9.17) is 9.84 Å². The van der Waals surface area contributed by atoms with Crippen LogP contribution in [-0.4, -0.2) is 42.9 Å². The van der Waals surface area contributed by atoms with E-state index < -0.39 is 6.09 Å². The third kappa shape index (κ3) is 5.09. The molecule has 1 fully saturated rings. The SMILES string of the molecule is COc1cc(F)cc(-c2ccc(N3CCC(CCNC(=O)O)CC3)nc2)c1. The number of nitrogens with zero attached hydrogens (tertiary/aromatic N) is 2. The fourth-order valence-corrected chi connectivity index (χ4v) is 3.43.